The van der Waals surface area contributed by atoms with E-state index in [9.17, 15) is 4.39 Å². The Kier molecular flexibility index (Phi) is 3.40. The van der Waals surface area contributed by atoms with Gasteiger partial charge in [-0.3, -0.25) is 0 Å². The van der Waals surface area contributed by atoms with Crippen LogP contribution in [0.25, 0.3) is 0 Å². The van der Waals surface area contributed by atoms with Crippen LogP contribution in [0.1, 0.15) is 11.3 Å². The minimum atomic E-state index is -0.638. The van der Waals surface area contributed by atoms with Crippen molar-refractivity contribution in [3.63, 3.8) is 0 Å². The summed E-state index contributed by atoms with van der Waals surface area (Å²) in [5, 5.41) is 8.65. The van der Waals surface area contributed by atoms with Gasteiger partial charge in [0.2, 0.25) is 11.2 Å². The van der Waals surface area contributed by atoms with E-state index in [-0.39, 0.29) is 22.5 Å². The quantitative estimate of drug-likeness (QED) is 0.781. The summed E-state index contributed by atoms with van der Waals surface area (Å²) in [6, 6.07) is 7.27. The second-order valence-corrected chi connectivity index (χ2v) is 3.81. The zero-order chi connectivity index (χ0) is 13.1. The van der Waals surface area contributed by atoms with Crippen molar-refractivity contribution in [1.29, 1.82) is 5.26 Å². The van der Waals surface area contributed by atoms with Crippen LogP contribution in [0, 0.1) is 24.1 Å². The van der Waals surface area contributed by atoms with E-state index in [4.69, 9.17) is 21.6 Å². The molecule has 0 atom stereocenters. The van der Waals surface area contributed by atoms with Crippen molar-refractivity contribution < 1.29 is 9.13 Å². The SMILES string of the molecule is Cc1cc(Oc2ccc(C#N)cc2F)nc(Cl)n1. The smallest absolute Gasteiger partial charge is 0.225 e. The average molecular weight is 264 g/mol. The normalized spacial score (nSPS) is 9.89. The van der Waals surface area contributed by atoms with Gasteiger partial charge in [-0.15, -0.1) is 0 Å². The van der Waals surface area contributed by atoms with Crippen LogP contribution in [0.2, 0.25) is 5.28 Å². The third-order valence-corrected chi connectivity index (χ3v) is 2.25. The lowest BCUT2D eigenvalue weighted by molar-refractivity contribution is 0.426. The van der Waals surface area contributed by atoms with Gasteiger partial charge in [-0.05, 0) is 36.7 Å². The largest absolute Gasteiger partial charge is 0.436 e. The second-order valence-electron chi connectivity index (χ2n) is 3.48. The molecular formula is C12H7ClFN3O. The molecule has 0 aliphatic rings. The minimum Gasteiger partial charge on any atom is -0.436 e. The van der Waals surface area contributed by atoms with Crippen molar-refractivity contribution in [3.05, 3.63) is 46.6 Å². The van der Waals surface area contributed by atoms with Crippen molar-refractivity contribution in [2.75, 3.05) is 0 Å². The third-order valence-electron chi connectivity index (χ3n) is 2.08. The molecule has 0 saturated heterocycles. The lowest BCUT2D eigenvalue weighted by Gasteiger charge is -2.06. The number of aromatic nitrogens is 2. The summed E-state index contributed by atoms with van der Waals surface area (Å²) in [7, 11) is 0. The van der Waals surface area contributed by atoms with Crippen molar-refractivity contribution in [2.45, 2.75) is 6.92 Å². The van der Waals surface area contributed by atoms with E-state index in [1.807, 2.05) is 6.07 Å². The van der Waals surface area contributed by atoms with Crippen LogP contribution in [-0.2, 0) is 0 Å². The van der Waals surface area contributed by atoms with E-state index in [1.54, 1.807) is 6.92 Å². The molecule has 4 nitrogen and oxygen atoms in total. The first-order valence-corrected chi connectivity index (χ1v) is 5.35. The topological polar surface area (TPSA) is 58.8 Å². The van der Waals surface area contributed by atoms with Crippen LogP contribution in [-0.4, -0.2) is 9.97 Å². The number of hydrogen-bond acceptors (Lipinski definition) is 4. The monoisotopic (exact) mass is 263 g/mol. The Morgan fingerprint density at radius 3 is 2.72 bits per heavy atom. The Morgan fingerprint density at radius 2 is 2.11 bits per heavy atom. The Labute approximate surface area is 108 Å². The lowest BCUT2D eigenvalue weighted by Crippen LogP contribution is -1.94. The van der Waals surface area contributed by atoms with Gasteiger partial charge in [-0.25, -0.2) is 9.37 Å². The van der Waals surface area contributed by atoms with E-state index >= 15 is 0 Å². The average Bonchev–Trinajstić information content (AvgIpc) is 2.30. The maximum atomic E-state index is 13.6. The van der Waals surface area contributed by atoms with Crippen LogP contribution in [0.3, 0.4) is 0 Å². The Hall–Kier alpha value is -2.19. The standard InChI is InChI=1S/C12H7ClFN3O/c1-7-4-11(17-12(13)16-7)18-10-3-2-8(6-15)5-9(10)14/h2-5H,1H3. The summed E-state index contributed by atoms with van der Waals surface area (Å²) in [6.07, 6.45) is 0. The first kappa shape index (κ1) is 12.3. The molecule has 1 aromatic carbocycles. The molecule has 1 aromatic heterocycles. The Bertz CT molecular complexity index is 619. The fraction of sp³-hybridized carbons (Fsp3) is 0.0833. The van der Waals surface area contributed by atoms with E-state index < -0.39 is 5.82 Å². The lowest BCUT2D eigenvalue weighted by atomic mass is 10.2. The molecule has 18 heavy (non-hydrogen) atoms. The highest BCUT2D eigenvalue weighted by Crippen LogP contribution is 2.24. The van der Waals surface area contributed by atoms with Gasteiger partial charge >= 0.3 is 0 Å². The molecule has 0 aliphatic carbocycles. The number of ether oxygens (including phenoxy) is 1. The number of rotatable bonds is 2. The van der Waals surface area contributed by atoms with Crippen LogP contribution in [0.5, 0.6) is 11.6 Å². The highest BCUT2D eigenvalue weighted by atomic mass is 35.5. The number of nitriles is 1. The Morgan fingerprint density at radius 1 is 1.33 bits per heavy atom. The molecule has 0 aliphatic heterocycles. The molecular weight excluding hydrogens is 257 g/mol. The van der Waals surface area contributed by atoms with Gasteiger partial charge in [0.1, 0.15) is 0 Å². The van der Waals surface area contributed by atoms with Crippen LogP contribution in [0.15, 0.2) is 24.3 Å². The second kappa shape index (κ2) is 4.98. The molecule has 0 unspecified atom stereocenters. The molecule has 0 fully saturated rings. The first-order chi connectivity index (χ1) is 8.58. The molecule has 2 rings (SSSR count). The molecule has 6 heteroatoms. The maximum absolute atomic E-state index is 13.6. The van der Waals surface area contributed by atoms with E-state index in [1.165, 1.54) is 18.2 Å². The fourth-order valence-electron chi connectivity index (χ4n) is 1.32. The molecule has 0 bridgehead atoms. The third kappa shape index (κ3) is 2.73. The zero-order valence-electron chi connectivity index (χ0n) is 9.32. The molecule has 90 valence electrons. The molecule has 0 amide bonds. The van der Waals surface area contributed by atoms with Crippen LogP contribution in [0.4, 0.5) is 4.39 Å². The van der Waals surface area contributed by atoms with Gasteiger partial charge in [-0.1, -0.05) is 0 Å². The van der Waals surface area contributed by atoms with Gasteiger partial charge in [0.25, 0.3) is 0 Å². The predicted octanol–water partition coefficient (Wildman–Crippen LogP) is 3.24. The molecule has 0 radical (unpaired) electrons. The minimum absolute atomic E-state index is 0.0248. The number of nitrogens with zero attached hydrogens (tertiary/aromatic N) is 3. The van der Waals surface area contributed by atoms with Crippen LogP contribution >= 0.6 is 11.6 Å². The fourth-order valence-corrected chi connectivity index (χ4v) is 1.54. The van der Waals surface area contributed by atoms with Crippen LogP contribution < -0.4 is 4.74 Å². The molecule has 0 N–H and O–H groups in total. The number of hydrogen-bond donors (Lipinski definition) is 0. The molecule has 0 saturated carbocycles. The zero-order valence-corrected chi connectivity index (χ0v) is 10.1. The summed E-state index contributed by atoms with van der Waals surface area (Å²) in [5.74, 6) is -0.513. The highest BCUT2D eigenvalue weighted by molar-refractivity contribution is 6.28. The van der Waals surface area contributed by atoms with Gasteiger partial charge in [0, 0.05) is 11.8 Å². The summed E-state index contributed by atoms with van der Waals surface area (Å²) < 4.78 is 18.8. The van der Waals surface area contributed by atoms with E-state index in [0.29, 0.717) is 5.69 Å². The summed E-state index contributed by atoms with van der Waals surface area (Å²) in [4.78, 5) is 7.68. The molecule has 1 heterocycles. The van der Waals surface area contributed by atoms with Crippen molar-refractivity contribution >= 4 is 11.6 Å². The number of halogens is 2. The predicted molar refractivity (Wildman–Crippen MR) is 63.0 cm³/mol. The Balaban J connectivity index is 2.31. The van der Waals surface area contributed by atoms with Gasteiger partial charge in [0.05, 0.1) is 11.6 Å². The van der Waals surface area contributed by atoms with E-state index in [0.717, 1.165) is 6.07 Å². The summed E-state index contributed by atoms with van der Waals surface area (Å²) >= 11 is 5.66. The maximum Gasteiger partial charge on any atom is 0.225 e. The summed E-state index contributed by atoms with van der Waals surface area (Å²) in [5.41, 5.74) is 0.829. The molecule has 2 aromatic rings. The highest BCUT2D eigenvalue weighted by Gasteiger charge is 2.08. The van der Waals surface area contributed by atoms with Gasteiger partial charge in [-0.2, -0.15) is 10.2 Å². The molecule has 0 spiro atoms. The van der Waals surface area contributed by atoms with Crippen molar-refractivity contribution in [3.8, 4) is 17.7 Å². The first-order valence-electron chi connectivity index (χ1n) is 4.97. The van der Waals surface area contributed by atoms with Gasteiger partial charge < -0.3 is 4.74 Å². The summed E-state index contributed by atoms with van der Waals surface area (Å²) in [6.45, 7) is 1.72. The van der Waals surface area contributed by atoms with E-state index in [2.05, 4.69) is 9.97 Å². The van der Waals surface area contributed by atoms with Crippen molar-refractivity contribution in [2.24, 2.45) is 0 Å². The number of benzene rings is 1. The van der Waals surface area contributed by atoms with Crippen molar-refractivity contribution in [1.82, 2.24) is 9.97 Å². The van der Waals surface area contributed by atoms with Gasteiger partial charge in [0.15, 0.2) is 11.6 Å². The number of aryl methyl sites for hydroxylation is 1.